The van der Waals surface area contributed by atoms with Crippen LogP contribution in [0, 0.1) is 12.7 Å². The molecule has 32 heavy (non-hydrogen) atoms. The molecular weight excluding hydrogens is 455 g/mol. The van der Waals surface area contributed by atoms with E-state index in [0.29, 0.717) is 16.3 Å². The number of nitrogens with one attached hydrogen (secondary N) is 1. The van der Waals surface area contributed by atoms with Crippen molar-refractivity contribution < 1.29 is 22.3 Å². The third kappa shape index (κ3) is 5.57. The third-order valence-electron chi connectivity index (χ3n) is 4.74. The molecular formula is C23H22ClFN2O4S. The Kier molecular flexibility index (Phi) is 7.37. The lowest BCUT2D eigenvalue weighted by Gasteiger charge is -2.19. The van der Waals surface area contributed by atoms with E-state index >= 15 is 0 Å². The van der Waals surface area contributed by atoms with Gasteiger partial charge in [0.05, 0.1) is 22.2 Å². The lowest BCUT2D eigenvalue weighted by atomic mass is 10.1. The first-order valence-electron chi connectivity index (χ1n) is 9.70. The topological polar surface area (TPSA) is 75.7 Å². The fourth-order valence-corrected chi connectivity index (χ4v) is 4.19. The minimum Gasteiger partial charge on any atom is -0.490 e. The molecule has 6 nitrogen and oxygen atoms in total. The number of sulfonamides is 1. The van der Waals surface area contributed by atoms with Gasteiger partial charge in [-0.2, -0.15) is 0 Å². The molecule has 9 heteroatoms. The zero-order valence-corrected chi connectivity index (χ0v) is 19.1. The van der Waals surface area contributed by atoms with E-state index in [0.717, 1.165) is 6.07 Å². The van der Waals surface area contributed by atoms with Crippen LogP contribution in [0.3, 0.4) is 0 Å². The first kappa shape index (κ1) is 23.6. The number of rotatable bonds is 8. The van der Waals surface area contributed by atoms with Crippen molar-refractivity contribution in [1.82, 2.24) is 4.90 Å². The van der Waals surface area contributed by atoms with Gasteiger partial charge in [-0.25, -0.2) is 12.8 Å². The van der Waals surface area contributed by atoms with Gasteiger partial charge in [0.15, 0.2) is 0 Å². The van der Waals surface area contributed by atoms with E-state index in [-0.39, 0.29) is 35.2 Å². The van der Waals surface area contributed by atoms with Crippen molar-refractivity contribution in [2.45, 2.75) is 11.8 Å². The molecule has 0 spiro atoms. The monoisotopic (exact) mass is 476 g/mol. The first-order valence-corrected chi connectivity index (χ1v) is 11.6. The molecule has 0 aliphatic heterocycles. The molecule has 0 aliphatic carbocycles. The Hall–Kier alpha value is -3.10. The molecule has 3 rings (SSSR count). The summed E-state index contributed by atoms with van der Waals surface area (Å²) >= 11 is 6.05. The number of nitrogens with zero attached hydrogens (tertiary/aromatic N) is 1. The fraction of sp³-hybridized carbons (Fsp3) is 0.174. The van der Waals surface area contributed by atoms with Gasteiger partial charge in [0.1, 0.15) is 18.2 Å². The number of amides is 1. The smallest absolute Gasteiger partial charge is 0.262 e. The number of hydrogen-bond donors (Lipinski definition) is 1. The molecule has 0 aliphatic rings. The number of para-hydroxylation sites is 2. The first-order chi connectivity index (χ1) is 15.2. The number of anilines is 1. The maximum absolute atomic E-state index is 13.9. The van der Waals surface area contributed by atoms with Crippen LogP contribution in [-0.4, -0.2) is 39.4 Å². The Morgan fingerprint density at radius 1 is 1.09 bits per heavy atom. The predicted octanol–water partition coefficient (Wildman–Crippen LogP) is 4.74. The molecule has 168 valence electrons. The summed E-state index contributed by atoms with van der Waals surface area (Å²) in [5.41, 5.74) is 0.662. The maximum Gasteiger partial charge on any atom is 0.262 e. The van der Waals surface area contributed by atoms with E-state index in [1.807, 2.05) is 0 Å². The summed E-state index contributed by atoms with van der Waals surface area (Å²) in [4.78, 5) is 14.2. The van der Waals surface area contributed by atoms with Crippen molar-refractivity contribution in [3.8, 4) is 5.75 Å². The number of hydrogen-bond acceptors (Lipinski definition) is 4. The molecule has 0 radical (unpaired) electrons. The summed E-state index contributed by atoms with van der Waals surface area (Å²) in [6.45, 7) is 2.17. The van der Waals surface area contributed by atoms with Crippen molar-refractivity contribution in [3.63, 3.8) is 0 Å². The molecule has 0 saturated heterocycles. The molecule has 0 bridgehead atoms. The van der Waals surface area contributed by atoms with Crippen LogP contribution >= 0.6 is 11.6 Å². The average Bonchev–Trinajstić information content (AvgIpc) is 2.76. The third-order valence-corrected chi connectivity index (χ3v) is 6.41. The van der Waals surface area contributed by atoms with Crippen LogP contribution in [0.15, 0.2) is 71.6 Å². The fourth-order valence-electron chi connectivity index (χ4n) is 2.91. The molecule has 3 aromatic rings. The van der Waals surface area contributed by atoms with Gasteiger partial charge in [-0.1, -0.05) is 41.9 Å². The van der Waals surface area contributed by atoms with E-state index in [4.69, 9.17) is 16.3 Å². The van der Waals surface area contributed by atoms with Gasteiger partial charge >= 0.3 is 0 Å². The van der Waals surface area contributed by atoms with Gasteiger partial charge in [0.2, 0.25) is 0 Å². The number of aryl methyl sites for hydroxylation is 1. The molecule has 0 saturated carbocycles. The summed E-state index contributed by atoms with van der Waals surface area (Å²) in [5, 5.41) is 0.470. The zero-order chi connectivity index (χ0) is 23.3. The van der Waals surface area contributed by atoms with Gasteiger partial charge in [0.25, 0.3) is 15.9 Å². The highest BCUT2D eigenvalue weighted by atomic mass is 35.5. The second-order valence-corrected chi connectivity index (χ2v) is 9.16. The summed E-state index contributed by atoms with van der Waals surface area (Å²) in [6, 6.07) is 16.7. The minimum atomic E-state index is -4.09. The van der Waals surface area contributed by atoms with Crippen LogP contribution < -0.4 is 9.46 Å². The Morgan fingerprint density at radius 2 is 1.78 bits per heavy atom. The van der Waals surface area contributed by atoms with Crippen molar-refractivity contribution in [2.75, 3.05) is 24.9 Å². The largest absolute Gasteiger partial charge is 0.490 e. The number of halogens is 2. The average molecular weight is 477 g/mol. The van der Waals surface area contributed by atoms with E-state index in [9.17, 15) is 17.6 Å². The summed E-state index contributed by atoms with van der Waals surface area (Å²) in [6.07, 6.45) is 0. The second-order valence-electron chi connectivity index (χ2n) is 7.07. The zero-order valence-electron chi connectivity index (χ0n) is 17.5. The predicted molar refractivity (Wildman–Crippen MR) is 122 cm³/mol. The van der Waals surface area contributed by atoms with Crippen LogP contribution in [0.2, 0.25) is 5.02 Å². The highest BCUT2D eigenvalue weighted by Crippen LogP contribution is 2.24. The Balaban J connectivity index is 1.73. The molecule has 0 atom stereocenters. The van der Waals surface area contributed by atoms with E-state index in [1.165, 1.54) is 41.3 Å². The lowest BCUT2D eigenvalue weighted by molar-refractivity contribution is 0.0773. The van der Waals surface area contributed by atoms with Gasteiger partial charge < -0.3 is 9.64 Å². The van der Waals surface area contributed by atoms with Gasteiger partial charge in [-0.05, 0) is 48.9 Å². The molecule has 1 N–H and O–H groups in total. The Bertz CT molecular complexity index is 1230. The van der Waals surface area contributed by atoms with Crippen molar-refractivity contribution in [3.05, 3.63) is 88.7 Å². The van der Waals surface area contributed by atoms with Crippen LogP contribution in [0.1, 0.15) is 15.9 Å². The number of carbonyl (C=O) groups is 1. The van der Waals surface area contributed by atoms with E-state index in [1.54, 1.807) is 38.2 Å². The summed E-state index contributed by atoms with van der Waals surface area (Å²) in [7, 11) is -2.50. The number of likely N-dealkylation sites (N-methyl/N-ethyl adjacent to an activating group) is 1. The number of ether oxygens (including phenoxy) is 1. The van der Waals surface area contributed by atoms with Crippen LogP contribution in [0.4, 0.5) is 10.1 Å². The van der Waals surface area contributed by atoms with Gasteiger partial charge in [-0.15, -0.1) is 0 Å². The number of carbonyl (C=O) groups excluding carboxylic acids is 1. The molecule has 0 fully saturated rings. The molecule has 1 amide bonds. The van der Waals surface area contributed by atoms with Crippen LogP contribution in [-0.2, 0) is 10.0 Å². The van der Waals surface area contributed by atoms with Crippen molar-refractivity contribution in [1.29, 1.82) is 0 Å². The highest BCUT2D eigenvalue weighted by Gasteiger charge is 2.21. The quantitative estimate of drug-likeness (QED) is 0.509. The van der Waals surface area contributed by atoms with Crippen molar-refractivity contribution >= 4 is 33.2 Å². The standard InChI is InChI=1S/C23H22ClFN2O4S/c1-16-11-12-17(32(29,30)26-21-9-5-4-8-20(21)25)15-18(16)23(28)27(2)13-14-31-22-10-6-3-7-19(22)24/h3-12,15,26H,13-14H2,1-2H3. The van der Waals surface area contributed by atoms with Crippen LogP contribution in [0.5, 0.6) is 5.75 Å². The Labute approximate surface area is 191 Å². The number of benzene rings is 3. The van der Waals surface area contributed by atoms with E-state index < -0.39 is 15.8 Å². The van der Waals surface area contributed by atoms with Crippen molar-refractivity contribution in [2.24, 2.45) is 0 Å². The summed E-state index contributed by atoms with van der Waals surface area (Å²) in [5.74, 6) is -0.551. The van der Waals surface area contributed by atoms with E-state index in [2.05, 4.69) is 4.72 Å². The highest BCUT2D eigenvalue weighted by molar-refractivity contribution is 7.92. The lowest BCUT2D eigenvalue weighted by Crippen LogP contribution is -2.31. The summed E-state index contributed by atoms with van der Waals surface area (Å²) < 4.78 is 47.2. The molecule has 0 heterocycles. The van der Waals surface area contributed by atoms with Gasteiger partial charge in [0, 0.05) is 12.6 Å². The Morgan fingerprint density at radius 3 is 2.50 bits per heavy atom. The molecule has 0 aromatic heterocycles. The molecule has 0 unspecified atom stereocenters. The normalized spacial score (nSPS) is 11.1. The maximum atomic E-state index is 13.9. The minimum absolute atomic E-state index is 0.143. The SMILES string of the molecule is Cc1ccc(S(=O)(=O)Nc2ccccc2F)cc1C(=O)N(C)CCOc1ccccc1Cl. The van der Waals surface area contributed by atoms with Crippen LogP contribution in [0.25, 0.3) is 0 Å². The molecule has 3 aromatic carbocycles. The second kappa shape index (κ2) is 10.0. The van der Waals surface area contributed by atoms with Gasteiger partial charge in [-0.3, -0.25) is 9.52 Å².